The second kappa shape index (κ2) is 9.25. The lowest BCUT2D eigenvalue weighted by molar-refractivity contribution is 0.102. The van der Waals surface area contributed by atoms with Gasteiger partial charge in [-0.05, 0) is 45.0 Å². The molecule has 0 radical (unpaired) electrons. The molecule has 0 atom stereocenters. The number of aryl methyl sites for hydroxylation is 2. The minimum absolute atomic E-state index is 0.282. The summed E-state index contributed by atoms with van der Waals surface area (Å²) in [5.74, 6) is 2.33. The normalized spacial score (nSPS) is 10.6. The number of carbonyl (C=O) groups excluding carboxylic acids is 1. The van der Waals surface area contributed by atoms with Gasteiger partial charge in [0.2, 0.25) is 5.88 Å². The molecule has 9 heteroatoms. The van der Waals surface area contributed by atoms with Crippen LogP contribution in [0, 0.1) is 6.92 Å². The highest BCUT2D eigenvalue weighted by molar-refractivity contribution is 6.05. The average Bonchev–Trinajstić information content (AvgIpc) is 3.11. The molecule has 0 aliphatic carbocycles. The summed E-state index contributed by atoms with van der Waals surface area (Å²) in [5, 5.41) is 10.3. The van der Waals surface area contributed by atoms with Crippen molar-refractivity contribution in [3.8, 4) is 5.88 Å². The Bertz CT molecular complexity index is 1010. The van der Waals surface area contributed by atoms with Gasteiger partial charge >= 0.3 is 0 Å². The molecular weight excluding hydrogens is 382 g/mol. The van der Waals surface area contributed by atoms with Crippen LogP contribution in [0.3, 0.4) is 0 Å². The molecule has 3 rings (SSSR count). The summed E-state index contributed by atoms with van der Waals surface area (Å²) in [6.45, 7) is 7.83. The lowest BCUT2D eigenvalue weighted by Crippen LogP contribution is -2.23. The predicted octanol–water partition coefficient (Wildman–Crippen LogP) is 3.37. The van der Waals surface area contributed by atoms with Crippen molar-refractivity contribution in [2.24, 2.45) is 7.05 Å². The van der Waals surface area contributed by atoms with E-state index in [1.165, 1.54) is 11.8 Å². The number of methoxy groups -OCH3 is 1. The van der Waals surface area contributed by atoms with Crippen LogP contribution in [0.2, 0.25) is 0 Å². The number of amides is 1. The number of ether oxygens (including phenoxy) is 1. The summed E-state index contributed by atoms with van der Waals surface area (Å²) in [6, 6.07) is 9.34. The van der Waals surface area contributed by atoms with Crippen molar-refractivity contribution in [1.29, 1.82) is 0 Å². The summed E-state index contributed by atoms with van der Waals surface area (Å²) in [6.07, 6.45) is 1.62. The standard InChI is InChI=1S/C21H27N7O2/c1-6-28(7-2)19-12-18(22-14(3)23-19)24-15-8-10-16(11-9-15)25-20(29)17-13-27(4)26-21(17)30-5/h8-13H,6-7H2,1-5H3,(H,25,29)(H,22,23,24). The fourth-order valence-corrected chi connectivity index (χ4v) is 3.08. The Hall–Kier alpha value is -3.62. The number of hydrogen-bond donors (Lipinski definition) is 2. The van der Waals surface area contributed by atoms with Gasteiger partial charge < -0.3 is 20.3 Å². The monoisotopic (exact) mass is 409 g/mol. The third kappa shape index (κ3) is 4.86. The van der Waals surface area contributed by atoms with Crippen molar-refractivity contribution >= 4 is 28.9 Å². The second-order valence-electron chi connectivity index (χ2n) is 6.71. The summed E-state index contributed by atoms with van der Waals surface area (Å²) >= 11 is 0. The summed E-state index contributed by atoms with van der Waals surface area (Å²) < 4.78 is 6.68. The van der Waals surface area contributed by atoms with E-state index in [0.717, 1.165) is 30.4 Å². The number of nitrogens with one attached hydrogen (secondary N) is 2. The van der Waals surface area contributed by atoms with E-state index < -0.39 is 0 Å². The van der Waals surface area contributed by atoms with Gasteiger partial charge in [-0.1, -0.05) is 0 Å². The largest absolute Gasteiger partial charge is 0.479 e. The smallest absolute Gasteiger partial charge is 0.262 e. The van der Waals surface area contributed by atoms with Crippen molar-refractivity contribution in [3.63, 3.8) is 0 Å². The van der Waals surface area contributed by atoms with Crippen LogP contribution in [0.1, 0.15) is 30.0 Å². The number of hydrogen-bond acceptors (Lipinski definition) is 7. The Morgan fingerprint density at radius 3 is 2.43 bits per heavy atom. The lowest BCUT2D eigenvalue weighted by atomic mass is 10.2. The van der Waals surface area contributed by atoms with E-state index in [2.05, 4.69) is 44.4 Å². The van der Waals surface area contributed by atoms with Gasteiger partial charge in [0.1, 0.15) is 23.0 Å². The van der Waals surface area contributed by atoms with E-state index in [-0.39, 0.29) is 11.8 Å². The van der Waals surface area contributed by atoms with Gasteiger partial charge in [-0.25, -0.2) is 9.97 Å². The maximum Gasteiger partial charge on any atom is 0.262 e. The molecule has 0 bridgehead atoms. The van der Waals surface area contributed by atoms with Crippen LogP contribution in [0.5, 0.6) is 5.88 Å². The first kappa shape index (κ1) is 21.1. The zero-order valence-corrected chi connectivity index (χ0v) is 17.9. The van der Waals surface area contributed by atoms with Crippen molar-refractivity contribution in [2.75, 3.05) is 35.7 Å². The Kier molecular flexibility index (Phi) is 6.51. The predicted molar refractivity (Wildman–Crippen MR) is 118 cm³/mol. The van der Waals surface area contributed by atoms with Gasteiger partial charge in [-0.2, -0.15) is 0 Å². The van der Waals surface area contributed by atoms with Crippen molar-refractivity contribution in [3.05, 3.63) is 47.9 Å². The molecule has 1 aromatic carbocycles. The molecule has 0 aliphatic rings. The number of carbonyl (C=O) groups is 1. The first-order valence-electron chi connectivity index (χ1n) is 9.80. The van der Waals surface area contributed by atoms with Crippen LogP contribution in [-0.2, 0) is 7.05 Å². The molecule has 2 heterocycles. The molecule has 0 fully saturated rings. The number of benzene rings is 1. The zero-order valence-electron chi connectivity index (χ0n) is 17.9. The number of nitrogens with zero attached hydrogens (tertiary/aromatic N) is 5. The molecule has 2 aromatic heterocycles. The number of anilines is 4. The van der Waals surface area contributed by atoms with E-state index in [4.69, 9.17) is 4.74 Å². The summed E-state index contributed by atoms with van der Waals surface area (Å²) in [7, 11) is 3.22. The summed E-state index contributed by atoms with van der Waals surface area (Å²) in [4.78, 5) is 23.7. The van der Waals surface area contributed by atoms with Gasteiger partial charge in [0.05, 0.1) is 7.11 Å². The molecule has 3 aromatic rings. The zero-order chi connectivity index (χ0) is 21.7. The molecule has 30 heavy (non-hydrogen) atoms. The molecule has 1 amide bonds. The van der Waals surface area contributed by atoms with Crippen LogP contribution in [0.15, 0.2) is 36.5 Å². The summed E-state index contributed by atoms with van der Waals surface area (Å²) in [5.41, 5.74) is 1.90. The van der Waals surface area contributed by atoms with Crippen molar-refractivity contribution < 1.29 is 9.53 Å². The molecule has 0 aliphatic heterocycles. The minimum atomic E-state index is -0.282. The minimum Gasteiger partial charge on any atom is -0.479 e. The number of aromatic nitrogens is 4. The second-order valence-corrected chi connectivity index (χ2v) is 6.71. The van der Waals surface area contributed by atoms with Gasteiger partial charge in [0.25, 0.3) is 5.91 Å². The molecule has 0 spiro atoms. The van der Waals surface area contributed by atoms with Crippen LogP contribution in [-0.4, -0.2) is 45.9 Å². The van der Waals surface area contributed by atoms with Crippen LogP contribution in [0.25, 0.3) is 0 Å². The van der Waals surface area contributed by atoms with Crippen LogP contribution in [0.4, 0.5) is 23.0 Å². The van der Waals surface area contributed by atoms with Gasteiger partial charge in [-0.3, -0.25) is 9.48 Å². The molecule has 2 N–H and O–H groups in total. The molecule has 0 saturated carbocycles. The third-order valence-electron chi connectivity index (χ3n) is 4.56. The topological polar surface area (TPSA) is 97.2 Å². The van der Waals surface area contributed by atoms with Crippen molar-refractivity contribution in [2.45, 2.75) is 20.8 Å². The Morgan fingerprint density at radius 2 is 1.80 bits per heavy atom. The first-order valence-corrected chi connectivity index (χ1v) is 9.80. The maximum absolute atomic E-state index is 12.5. The highest BCUT2D eigenvalue weighted by Gasteiger charge is 2.16. The molecule has 158 valence electrons. The van der Waals surface area contributed by atoms with E-state index in [1.54, 1.807) is 13.2 Å². The van der Waals surface area contributed by atoms with Crippen molar-refractivity contribution in [1.82, 2.24) is 19.7 Å². The highest BCUT2D eigenvalue weighted by atomic mass is 16.5. The van der Waals surface area contributed by atoms with Gasteiger partial charge in [-0.15, -0.1) is 5.10 Å². The third-order valence-corrected chi connectivity index (χ3v) is 4.56. The van der Waals surface area contributed by atoms with E-state index in [0.29, 0.717) is 17.1 Å². The molecule has 9 nitrogen and oxygen atoms in total. The fraction of sp³-hybridized carbons (Fsp3) is 0.333. The Labute approximate surface area is 176 Å². The average molecular weight is 409 g/mol. The van der Waals surface area contributed by atoms with E-state index >= 15 is 0 Å². The van der Waals surface area contributed by atoms with E-state index in [9.17, 15) is 4.79 Å². The lowest BCUT2D eigenvalue weighted by Gasteiger charge is -2.20. The maximum atomic E-state index is 12.5. The van der Waals surface area contributed by atoms with Crippen LogP contribution >= 0.6 is 0 Å². The number of rotatable bonds is 8. The Morgan fingerprint density at radius 1 is 1.13 bits per heavy atom. The van der Waals surface area contributed by atoms with E-state index in [1.807, 2.05) is 37.3 Å². The van der Waals surface area contributed by atoms with Gasteiger partial charge in [0, 0.05) is 43.8 Å². The first-order chi connectivity index (χ1) is 14.4. The molecular formula is C21H27N7O2. The SMILES string of the molecule is CCN(CC)c1cc(Nc2ccc(NC(=O)c3cn(C)nc3OC)cc2)nc(C)n1. The molecule has 0 saturated heterocycles. The Balaban J connectivity index is 1.71. The molecule has 0 unspecified atom stereocenters. The highest BCUT2D eigenvalue weighted by Crippen LogP contribution is 2.22. The van der Waals surface area contributed by atoms with Gasteiger partial charge in [0.15, 0.2) is 0 Å². The quantitative estimate of drug-likeness (QED) is 0.589. The van der Waals surface area contributed by atoms with Crippen LogP contribution < -0.4 is 20.3 Å². The fourth-order valence-electron chi connectivity index (χ4n) is 3.08.